The molecule has 1 N–H and O–H groups in total. The molecule has 0 spiro atoms. The predicted molar refractivity (Wildman–Crippen MR) is 105 cm³/mol. The van der Waals surface area contributed by atoms with Gasteiger partial charge in [0.15, 0.2) is 5.69 Å². The van der Waals surface area contributed by atoms with Gasteiger partial charge >= 0.3 is 5.69 Å². The zero-order valence-electron chi connectivity index (χ0n) is 17.3. The Morgan fingerprint density at radius 2 is 2.10 bits per heavy atom. The highest BCUT2D eigenvalue weighted by Crippen LogP contribution is 2.49. The summed E-state index contributed by atoms with van der Waals surface area (Å²) in [6.07, 6.45) is 5.06. The van der Waals surface area contributed by atoms with E-state index in [1.165, 1.54) is 30.4 Å². The van der Waals surface area contributed by atoms with E-state index in [0.717, 1.165) is 5.92 Å². The van der Waals surface area contributed by atoms with E-state index in [-0.39, 0.29) is 29.9 Å². The number of rotatable bonds is 6. The van der Waals surface area contributed by atoms with Gasteiger partial charge in [0.05, 0.1) is 11.5 Å². The highest BCUT2D eigenvalue weighted by molar-refractivity contribution is 5.94. The molecule has 2 saturated carbocycles. The Labute approximate surface area is 169 Å². The third-order valence-corrected chi connectivity index (χ3v) is 6.83. The molecule has 2 aliphatic carbocycles. The van der Waals surface area contributed by atoms with Gasteiger partial charge in [-0.25, -0.2) is 0 Å². The summed E-state index contributed by atoms with van der Waals surface area (Å²) in [5.74, 6) is 2.30. The molecule has 2 heterocycles. The van der Waals surface area contributed by atoms with Crippen molar-refractivity contribution in [2.75, 3.05) is 0 Å². The first-order valence-corrected chi connectivity index (χ1v) is 10.2. The molecule has 2 aliphatic rings. The van der Waals surface area contributed by atoms with Gasteiger partial charge in [-0.05, 0) is 64.7 Å². The van der Waals surface area contributed by atoms with E-state index in [9.17, 15) is 14.9 Å². The van der Waals surface area contributed by atoms with Crippen LogP contribution in [0.1, 0.15) is 65.8 Å². The van der Waals surface area contributed by atoms with E-state index >= 15 is 0 Å². The van der Waals surface area contributed by atoms with Crippen molar-refractivity contribution >= 4 is 11.6 Å². The zero-order chi connectivity index (χ0) is 20.9. The first kappa shape index (κ1) is 19.6. The molecule has 0 aliphatic heterocycles. The predicted octanol–water partition coefficient (Wildman–Crippen LogP) is 3.31. The van der Waals surface area contributed by atoms with Crippen molar-refractivity contribution in [3.8, 4) is 0 Å². The number of carbonyl (C=O) groups excluding carboxylic acids is 1. The summed E-state index contributed by atoms with van der Waals surface area (Å²) < 4.78 is 6.81. The molecule has 2 bridgehead atoms. The number of aryl methyl sites for hydroxylation is 2. The molecular formula is C20H27N5O4. The molecule has 0 unspecified atom stereocenters. The van der Waals surface area contributed by atoms with Crippen molar-refractivity contribution in [1.29, 1.82) is 0 Å². The van der Waals surface area contributed by atoms with Crippen LogP contribution in [-0.4, -0.2) is 31.8 Å². The van der Waals surface area contributed by atoms with Crippen LogP contribution in [0.3, 0.4) is 0 Å². The summed E-state index contributed by atoms with van der Waals surface area (Å²) in [5, 5.41) is 22.6. The number of fused-ring (bicyclic) bond motifs is 2. The standard InChI is InChI=1S/C20H27N5O4/c1-10(16-8-14-5-6-15(16)7-14)21-20(26)18-17(13(4)29-23-18)9-24-12(3)19(25(27)28)11(2)22-24/h10,14-16H,5-9H2,1-4H3,(H,21,26)/t10-,14-,15-,16+/m1/s1. The summed E-state index contributed by atoms with van der Waals surface area (Å²) in [6, 6.07) is 0.0810. The minimum atomic E-state index is -0.431. The fraction of sp³-hybridized carbons (Fsp3) is 0.650. The minimum Gasteiger partial charge on any atom is -0.361 e. The van der Waals surface area contributed by atoms with Crippen LogP contribution in [0.25, 0.3) is 0 Å². The van der Waals surface area contributed by atoms with E-state index in [1.54, 1.807) is 20.8 Å². The molecule has 156 valence electrons. The van der Waals surface area contributed by atoms with Crippen LogP contribution in [0.15, 0.2) is 4.52 Å². The molecular weight excluding hydrogens is 374 g/mol. The number of nitrogens with zero attached hydrogens (tertiary/aromatic N) is 4. The van der Waals surface area contributed by atoms with E-state index < -0.39 is 4.92 Å². The lowest BCUT2D eigenvalue weighted by molar-refractivity contribution is -0.386. The molecule has 2 aromatic rings. The van der Waals surface area contributed by atoms with E-state index in [2.05, 4.69) is 22.5 Å². The van der Waals surface area contributed by atoms with Crippen LogP contribution in [0.5, 0.6) is 0 Å². The van der Waals surface area contributed by atoms with Gasteiger partial charge in [0, 0.05) is 11.6 Å². The second-order valence-electron chi connectivity index (χ2n) is 8.60. The Morgan fingerprint density at radius 3 is 2.69 bits per heavy atom. The van der Waals surface area contributed by atoms with Gasteiger partial charge in [-0.3, -0.25) is 19.6 Å². The van der Waals surface area contributed by atoms with Crippen LogP contribution < -0.4 is 5.32 Å². The number of carbonyl (C=O) groups is 1. The topological polar surface area (TPSA) is 116 Å². The van der Waals surface area contributed by atoms with Gasteiger partial charge in [-0.1, -0.05) is 11.6 Å². The normalized spacial score (nSPS) is 24.1. The lowest BCUT2D eigenvalue weighted by atomic mass is 9.84. The van der Waals surface area contributed by atoms with Crippen LogP contribution in [0, 0.1) is 48.6 Å². The van der Waals surface area contributed by atoms with Gasteiger partial charge in [-0.2, -0.15) is 5.10 Å². The van der Waals surface area contributed by atoms with Gasteiger partial charge in [0.25, 0.3) is 5.91 Å². The average molecular weight is 401 g/mol. The Morgan fingerprint density at radius 1 is 1.34 bits per heavy atom. The van der Waals surface area contributed by atoms with E-state index in [1.807, 2.05) is 0 Å². The Bertz CT molecular complexity index is 962. The monoisotopic (exact) mass is 401 g/mol. The van der Waals surface area contributed by atoms with Crippen molar-refractivity contribution in [2.45, 2.75) is 66.0 Å². The number of nitrogens with one attached hydrogen (secondary N) is 1. The molecule has 9 heteroatoms. The largest absolute Gasteiger partial charge is 0.361 e. The molecule has 2 aromatic heterocycles. The molecule has 0 aromatic carbocycles. The Kier molecular flexibility index (Phi) is 4.92. The third-order valence-electron chi connectivity index (χ3n) is 6.83. The molecule has 1 amide bonds. The van der Waals surface area contributed by atoms with Gasteiger partial charge in [0.1, 0.15) is 17.1 Å². The fourth-order valence-electron chi connectivity index (χ4n) is 5.30. The maximum atomic E-state index is 12.9. The highest BCUT2D eigenvalue weighted by atomic mass is 16.6. The molecule has 0 radical (unpaired) electrons. The van der Waals surface area contributed by atoms with Crippen molar-refractivity contribution in [3.05, 3.63) is 38.5 Å². The summed E-state index contributed by atoms with van der Waals surface area (Å²) in [5.41, 5.74) is 1.61. The maximum absolute atomic E-state index is 12.9. The minimum absolute atomic E-state index is 0.00461. The van der Waals surface area contributed by atoms with Crippen LogP contribution >= 0.6 is 0 Å². The number of hydrogen-bond donors (Lipinski definition) is 1. The molecule has 29 heavy (non-hydrogen) atoms. The molecule has 4 rings (SSSR count). The first-order valence-electron chi connectivity index (χ1n) is 10.2. The lowest BCUT2D eigenvalue weighted by Gasteiger charge is -2.28. The zero-order valence-corrected chi connectivity index (χ0v) is 17.3. The van der Waals surface area contributed by atoms with Crippen molar-refractivity contribution in [1.82, 2.24) is 20.3 Å². The number of amides is 1. The Balaban J connectivity index is 1.52. The first-order chi connectivity index (χ1) is 13.8. The third kappa shape index (κ3) is 3.42. The van der Waals surface area contributed by atoms with Crippen molar-refractivity contribution in [2.24, 2.45) is 17.8 Å². The van der Waals surface area contributed by atoms with Gasteiger partial charge in [0.2, 0.25) is 0 Å². The van der Waals surface area contributed by atoms with Crippen molar-refractivity contribution in [3.63, 3.8) is 0 Å². The Hall–Kier alpha value is -2.71. The molecule has 2 fully saturated rings. The molecule has 0 saturated heterocycles. The molecule has 4 atom stereocenters. The van der Waals surface area contributed by atoms with Crippen LogP contribution in [0.4, 0.5) is 5.69 Å². The number of nitro groups is 1. The second-order valence-corrected chi connectivity index (χ2v) is 8.60. The highest BCUT2D eigenvalue weighted by Gasteiger charge is 2.42. The fourth-order valence-corrected chi connectivity index (χ4v) is 5.30. The SMILES string of the molecule is Cc1nn(Cc2c(C(=O)N[C@H](C)[C@@H]3C[C@@H]4CC[C@@H]3C4)noc2C)c(C)c1[N+](=O)[O-]. The van der Waals surface area contributed by atoms with E-state index in [4.69, 9.17) is 4.52 Å². The molecule has 9 nitrogen and oxygen atoms in total. The average Bonchev–Trinajstić information content (AvgIpc) is 3.41. The summed E-state index contributed by atoms with van der Waals surface area (Å²) in [7, 11) is 0. The lowest BCUT2D eigenvalue weighted by Crippen LogP contribution is -2.40. The quantitative estimate of drug-likeness (QED) is 0.586. The van der Waals surface area contributed by atoms with Gasteiger partial charge in [-0.15, -0.1) is 0 Å². The van der Waals surface area contributed by atoms with E-state index in [0.29, 0.717) is 34.5 Å². The van der Waals surface area contributed by atoms with Crippen molar-refractivity contribution < 1.29 is 14.2 Å². The maximum Gasteiger partial charge on any atom is 0.312 e. The second kappa shape index (κ2) is 7.27. The van der Waals surface area contributed by atoms with Crippen LogP contribution in [0.2, 0.25) is 0 Å². The smallest absolute Gasteiger partial charge is 0.312 e. The summed E-state index contributed by atoms with van der Waals surface area (Å²) >= 11 is 0. The number of aromatic nitrogens is 3. The van der Waals surface area contributed by atoms with Crippen LogP contribution in [-0.2, 0) is 6.54 Å². The van der Waals surface area contributed by atoms with Gasteiger partial charge < -0.3 is 9.84 Å². The summed E-state index contributed by atoms with van der Waals surface area (Å²) in [6.45, 7) is 7.25. The number of hydrogen-bond acceptors (Lipinski definition) is 6. The summed E-state index contributed by atoms with van der Waals surface area (Å²) in [4.78, 5) is 23.8.